The van der Waals surface area contributed by atoms with Crippen LogP contribution < -0.4 is 5.56 Å². The Morgan fingerprint density at radius 2 is 1.85 bits per heavy atom. The van der Waals surface area contributed by atoms with Crippen LogP contribution in [0.5, 0.6) is 0 Å². The molecule has 3 aromatic rings. The number of fused-ring (bicyclic) bond motifs is 1. The van der Waals surface area contributed by atoms with Crippen LogP contribution in [0.15, 0.2) is 53.7 Å². The second kappa shape index (κ2) is 6.29. The van der Waals surface area contributed by atoms with Crippen LogP contribution in [-0.4, -0.2) is 31.5 Å². The maximum atomic E-state index is 12.9. The second-order valence-corrected chi connectivity index (χ2v) is 6.64. The van der Waals surface area contributed by atoms with Crippen LogP contribution in [-0.2, 0) is 13.1 Å². The van der Waals surface area contributed by atoms with Gasteiger partial charge in [0.2, 0.25) is 0 Å². The fraction of sp³-hybridized carbons (Fsp3) is 0.250. The van der Waals surface area contributed by atoms with E-state index in [1.807, 2.05) is 38.1 Å². The number of hydrogen-bond acceptors (Lipinski definition) is 3. The Hall–Kier alpha value is -3.15. The number of nitrogens with zero attached hydrogens (tertiary/aromatic N) is 4. The smallest absolute Gasteiger partial charge is 0.275 e. The van der Waals surface area contributed by atoms with Gasteiger partial charge in [0.05, 0.1) is 12.0 Å². The molecule has 0 saturated carbocycles. The molecular formula is C20H20N4O2. The SMILES string of the molecule is Cc1cn(-c2ccc3n(c2=O)CCN(Cc2ccccc2C)C3=O)cn1. The van der Waals surface area contributed by atoms with E-state index in [0.717, 1.165) is 16.8 Å². The van der Waals surface area contributed by atoms with Crippen molar-refractivity contribution >= 4 is 5.91 Å². The number of carbonyl (C=O) groups is 1. The van der Waals surface area contributed by atoms with Crippen molar-refractivity contribution in [2.75, 3.05) is 6.54 Å². The molecule has 26 heavy (non-hydrogen) atoms. The summed E-state index contributed by atoms with van der Waals surface area (Å²) in [5.74, 6) is -0.107. The van der Waals surface area contributed by atoms with Crippen molar-refractivity contribution in [3.05, 3.63) is 81.8 Å². The first-order valence-corrected chi connectivity index (χ1v) is 8.63. The highest BCUT2D eigenvalue weighted by molar-refractivity contribution is 5.93. The number of hydrogen-bond donors (Lipinski definition) is 0. The third-order valence-electron chi connectivity index (χ3n) is 4.87. The van der Waals surface area contributed by atoms with Crippen LogP contribution in [0.1, 0.15) is 27.3 Å². The van der Waals surface area contributed by atoms with E-state index in [1.165, 1.54) is 0 Å². The Labute approximate surface area is 151 Å². The molecule has 0 saturated heterocycles. The van der Waals surface area contributed by atoms with Gasteiger partial charge in [-0.25, -0.2) is 4.98 Å². The van der Waals surface area contributed by atoms with Crippen LogP contribution >= 0.6 is 0 Å². The fourth-order valence-corrected chi connectivity index (χ4v) is 3.35. The fourth-order valence-electron chi connectivity index (χ4n) is 3.35. The van der Waals surface area contributed by atoms with E-state index < -0.39 is 0 Å². The predicted molar refractivity (Wildman–Crippen MR) is 98.5 cm³/mol. The number of aryl methyl sites for hydroxylation is 2. The van der Waals surface area contributed by atoms with E-state index >= 15 is 0 Å². The molecule has 0 spiro atoms. The number of rotatable bonds is 3. The average molecular weight is 348 g/mol. The molecule has 0 unspecified atom stereocenters. The lowest BCUT2D eigenvalue weighted by Crippen LogP contribution is -2.44. The van der Waals surface area contributed by atoms with E-state index in [4.69, 9.17) is 0 Å². The van der Waals surface area contributed by atoms with Crippen LogP contribution in [0, 0.1) is 13.8 Å². The van der Waals surface area contributed by atoms with Crippen molar-refractivity contribution in [3.63, 3.8) is 0 Å². The molecule has 0 N–H and O–H groups in total. The lowest BCUT2D eigenvalue weighted by molar-refractivity contribution is 0.0686. The van der Waals surface area contributed by atoms with Gasteiger partial charge in [0.25, 0.3) is 11.5 Å². The van der Waals surface area contributed by atoms with Gasteiger partial charge in [-0.2, -0.15) is 0 Å². The third-order valence-corrected chi connectivity index (χ3v) is 4.87. The maximum Gasteiger partial charge on any atom is 0.275 e. The van der Waals surface area contributed by atoms with Crippen molar-refractivity contribution in [1.82, 2.24) is 19.0 Å². The Morgan fingerprint density at radius 1 is 1.04 bits per heavy atom. The van der Waals surface area contributed by atoms with Gasteiger partial charge in [0.15, 0.2) is 0 Å². The number of imidazole rings is 1. The molecule has 1 aromatic carbocycles. The van der Waals surface area contributed by atoms with Gasteiger partial charge >= 0.3 is 0 Å². The first kappa shape index (κ1) is 16.3. The summed E-state index contributed by atoms with van der Waals surface area (Å²) in [6, 6.07) is 11.5. The molecule has 132 valence electrons. The summed E-state index contributed by atoms with van der Waals surface area (Å²) in [5, 5.41) is 0. The molecule has 0 aliphatic carbocycles. The monoisotopic (exact) mass is 348 g/mol. The van der Waals surface area contributed by atoms with Crippen LogP contribution in [0.25, 0.3) is 5.69 Å². The van der Waals surface area contributed by atoms with Crippen molar-refractivity contribution < 1.29 is 4.79 Å². The zero-order valence-electron chi connectivity index (χ0n) is 14.8. The highest BCUT2D eigenvalue weighted by Crippen LogP contribution is 2.17. The van der Waals surface area contributed by atoms with E-state index in [1.54, 1.807) is 38.7 Å². The molecular weight excluding hydrogens is 328 g/mol. The number of aromatic nitrogens is 3. The summed E-state index contributed by atoms with van der Waals surface area (Å²) in [5.41, 5.74) is 3.91. The van der Waals surface area contributed by atoms with Gasteiger partial charge in [-0.05, 0) is 37.1 Å². The van der Waals surface area contributed by atoms with Gasteiger partial charge in [0.1, 0.15) is 11.4 Å². The zero-order chi connectivity index (χ0) is 18.3. The number of carbonyl (C=O) groups excluding carboxylic acids is 1. The van der Waals surface area contributed by atoms with E-state index in [2.05, 4.69) is 4.98 Å². The van der Waals surface area contributed by atoms with E-state index in [-0.39, 0.29) is 11.5 Å². The summed E-state index contributed by atoms with van der Waals surface area (Å²) < 4.78 is 3.27. The molecule has 0 atom stereocenters. The minimum Gasteiger partial charge on any atom is -0.331 e. The van der Waals surface area contributed by atoms with E-state index in [9.17, 15) is 9.59 Å². The Kier molecular flexibility index (Phi) is 3.95. The third kappa shape index (κ3) is 2.73. The largest absolute Gasteiger partial charge is 0.331 e. The van der Waals surface area contributed by atoms with Gasteiger partial charge in [0, 0.05) is 25.8 Å². The molecule has 1 aliphatic rings. The molecule has 2 aromatic heterocycles. The second-order valence-electron chi connectivity index (χ2n) is 6.64. The molecule has 4 rings (SSSR count). The molecule has 3 heterocycles. The molecule has 0 bridgehead atoms. The summed E-state index contributed by atoms with van der Waals surface area (Å²) in [6.07, 6.45) is 3.42. The molecule has 0 fully saturated rings. The predicted octanol–water partition coefficient (Wildman–Crippen LogP) is 2.31. The lowest BCUT2D eigenvalue weighted by atomic mass is 10.1. The van der Waals surface area contributed by atoms with Crippen molar-refractivity contribution in [3.8, 4) is 5.69 Å². The van der Waals surface area contributed by atoms with Crippen molar-refractivity contribution in [2.24, 2.45) is 0 Å². The van der Waals surface area contributed by atoms with Crippen molar-refractivity contribution in [1.29, 1.82) is 0 Å². The highest BCUT2D eigenvalue weighted by Gasteiger charge is 2.26. The highest BCUT2D eigenvalue weighted by atomic mass is 16.2. The standard InChI is InChI=1S/C20H20N4O2/c1-14-5-3-4-6-16(14)12-22-9-10-24-18(19(22)25)8-7-17(20(24)26)23-11-15(2)21-13-23/h3-8,11,13H,9-10,12H2,1-2H3. The zero-order valence-corrected chi connectivity index (χ0v) is 14.8. The summed E-state index contributed by atoms with van der Waals surface area (Å²) >= 11 is 0. The van der Waals surface area contributed by atoms with Gasteiger partial charge < -0.3 is 14.0 Å². The van der Waals surface area contributed by atoms with Gasteiger partial charge in [-0.15, -0.1) is 0 Å². The first-order valence-electron chi connectivity index (χ1n) is 8.63. The Morgan fingerprint density at radius 3 is 2.58 bits per heavy atom. The maximum absolute atomic E-state index is 12.9. The minimum absolute atomic E-state index is 0.107. The molecule has 1 aliphatic heterocycles. The summed E-state index contributed by atoms with van der Waals surface area (Å²) in [4.78, 5) is 31.7. The quantitative estimate of drug-likeness (QED) is 0.730. The summed E-state index contributed by atoms with van der Waals surface area (Å²) in [6.45, 7) is 5.49. The van der Waals surface area contributed by atoms with Crippen LogP contribution in [0.4, 0.5) is 0 Å². The number of benzene rings is 1. The normalized spacial score (nSPS) is 13.8. The van der Waals surface area contributed by atoms with Crippen molar-refractivity contribution in [2.45, 2.75) is 26.9 Å². The minimum atomic E-state index is -0.163. The van der Waals surface area contributed by atoms with Crippen LogP contribution in [0.3, 0.4) is 0 Å². The number of amides is 1. The lowest BCUT2D eigenvalue weighted by Gasteiger charge is -2.30. The average Bonchev–Trinajstić information content (AvgIpc) is 3.06. The molecule has 1 amide bonds. The summed E-state index contributed by atoms with van der Waals surface area (Å²) in [7, 11) is 0. The first-order chi connectivity index (χ1) is 12.5. The Balaban J connectivity index is 1.66. The van der Waals surface area contributed by atoms with Gasteiger partial charge in [-0.3, -0.25) is 9.59 Å². The van der Waals surface area contributed by atoms with Crippen LogP contribution in [0.2, 0.25) is 0 Å². The molecule has 0 radical (unpaired) electrons. The number of pyridine rings is 1. The van der Waals surface area contributed by atoms with Gasteiger partial charge in [-0.1, -0.05) is 24.3 Å². The topological polar surface area (TPSA) is 60.1 Å². The molecule has 6 nitrogen and oxygen atoms in total. The molecule has 6 heteroatoms. The van der Waals surface area contributed by atoms with E-state index in [0.29, 0.717) is 31.0 Å². The Bertz CT molecular complexity index is 1050.